The van der Waals surface area contributed by atoms with E-state index in [4.69, 9.17) is 0 Å². The highest BCUT2D eigenvalue weighted by atomic mass is 35.5. The molecule has 6 nitrogen and oxygen atoms in total. The maximum absolute atomic E-state index is 12.6. The summed E-state index contributed by atoms with van der Waals surface area (Å²) in [5.41, 5.74) is 0.874. The van der Waals surface area contributed by atoms with Crippen molar-refractivity contribution in [1.29, 1.82) is 0 Å². The van der Waals surface area contributed by atoms with Crippen LogP contribution in [0.4, 0.5) is 0 Å². The Labute approximate surface area is 159 Å². The van der Waals surface area contributed by atoms with Crippen LogP contribution >= 0.6 is 23.7 Å². The van der Waals surface area contributed by atoms with E-state index >= 15 is 0 Å². The molecule has 0 saturated carbocycles. The Morgan fingerprint density at radius 3 is 2.92 bits per heavy atom. The zero-order valence-corrected chi connectivity index (χ0v) is 16.5. The molecule has 0 aromatic carbocycles. The molecule has 2 saturated heterocycles. The Balaban J connectivity index is 0.00000225. The van der Waals surface area contributed by atoms with Crippen molar-refractivity contribution in [1.82, 2.24) is 20.1 Å². The third kappa shape index (κ3) is 4.71. The molecule has 2 fully saturated rings. The van der Waals surface area contributed by atoms with E-state index in [2.05, 4.69) is 10.3 Å². The monoisotopic (exact) mass is 386 g/mol. The number of halogens is 1. The van der Waals surface area contributed by atoms with Crippen molar-refractivity contribution in [3.63, 3.8) is 0 Å². The van der Waals surface area contributed by atoms with Gasteiger partial charge in [0.15, 0.2) is 0 Å². The molecule has 1 N–H and O–H groups in total. The zero-order valence-electron chi connectivity index (χ0n) is 14.9. The van der Waals surface area contributed by atoms with Crippen LogP contribution in [0, 0.1) is 12.8 Å². The smallest absolute Gasteiger partial charge is 0.228 e. The lowest BCUT2D eigenvalue weighted by atomic mass is 9.83. The van der Waals surface area contributed by atoms with E-state index in [1.165, 1.54) is 0 Å². The zero-order chi connectivity index (χ0) is 17.1. The summed E-state index contributed by atoms with van der Waals surface area (Å²) in [6.45, 7) is 5.06. The molecule has 0 bridgehead atoms. The fraction of sp³-hybridized carbons (Fsp3) is 0.706. The standard InChI is InChI=1S/C17H26N4O2S.ClH/c1-12-19-14(11-24-12)9-17(23)20-7-5-15-13(10-20)3-4-16(22)21(15)8-6-18-2;/h11,13,15,18H,3-10H2,1-2H3;1H/t13-,15+;/m0./s1. The molecule has 0 radical (unpaired) electrons. The van der Waals surface area contributed by atoms with E-state index in [-0.39, 0.29) is 24.2 Å². The van der Waals surface area contributed by atoms with Crippen LogP contribution in [-0.2, 0) is 16.0 Å². The van der Waals surface area contributed by atoms with Gasteiger partial charge >= 0.3 is 0 Å². The highest BCUT2D eigenvalue weighted by Crippen LogP contribution is 2.31. The number of likely N-dealkylation sites (tertiary alicyclic amines) is 2. The van der Waals surface area contributed by atoms with Crippen LogP contribution in [0.3, 0.4) is 0 Å². The fourth-order valence-corrected chi connectivity index (χ4v) is 4.47. The van der Waals surface area contributed by atoms with E-state index in [1.807, 2.05) is 29.2 Å². The molecule has 3 heterocycles. The number of likely N-dealkylation sites (N-methyl/N-ethyl adjacent to an activating group) is 1. The third-order valence-corrected chi connectivity index (χ3v) is 5.92. The highest BCUT2D eigenvalue weighted by molar-refractivity contribution is 7.09. The summed E-state index contributed by atoms with van der Waals surface area (Å²) >= 11 is 1.59. The van der Waals surface area contributed by atoms with Gasteiger partial charge < -0.3 is 15.1 Å². The molecule has 0 aliphatic carbocycles. The number of aromatic nitrogens is 1. The Morgan fingerprint density at radius 1 is 1.44 bits per heavy atom. The van der Waals surface area contributed by atoms with Crippen LogP contribution in [-0.4, -0.2) is 65.9 Å². The molecule has 2 aliphatic heterocycles. The molecular formula is C17H27ClN4O2S. The van der Waals surface area contributed by atoms with Gasteiger partial charge in [0, 0.05) is 44.0 Å². The first-order valence-electron chi connectivity index (χ1n) is 8.71. The van der Waals surface area contributed by atoms with Crippen LogP contribution in [0.15, 0.2) is 5.38 Å². The van der Waals surface area contributed by atoms with Gasteiger partial charge in [-0.1, -0.05) is 0 Å². The lowest BCUT2D eigenvalue weighted by molar-refractivity contribution is -0.143. The number of aryl methyl sites for hydroxylation is 1. The largest absolute Gasteiger partial charge is 0.342 e. The van der Waals surface area contributed by atoms with Gasteiger partial charge in [-0.3, -0.25) is 9.59 Å². The number of hydrogen-bond donors (Lipinski definition) is 1. The number of hydrogen-bond acceptors (Lipinski definition) is 5. The first-order chi connectivity index (χ1) is 11.6. The number of fused-ring (bicyclic) bond motifs is 1. The number of carbonyl (C=O) groups excluding carboxylic acids is 2. The van der Waals surface area contributed by atoms with Gasteiger partial charge in [-0.05, 0) is 32.7 Å². The fourth-order valence-electron chi connectivity index (χ4n) is 3.86. The number of nitrogens with zero attached hydrogens (tertiary/aromatic N) is 3. The lowest BCUT2D eigenvalue weighted by Crippen LogP contribution is -2.58. The highest BCUT2D eigenvalue weighted by Gasteiger charge is 2.39. The van der Waals surface area contributed by atoms with Crippen molar-refractivity contribution < 1.29 is 9.59 Å². The second kappa shape index (κ2) is 8.96. The minimum absolute atomic E-state index is 0. The molecule has 8 heteroatoms. The van der Waals surface area contributed by atoms with Crippen molar-refractivity contribution in [2.45, 2.75) is 38.6 Å². The minimum Gasteiger partial charge on any atom is -0.342 e. The average Bonchev–Trinajstić information content (AvgIpc) is 2.98. The predicted molar refractivity (Wildman–Crippen MR) is 101 cm³/mol. The summed E-state index contributed by atoms with van der Waals surface area (Å²) in [4.78, 5) is 33.2. The van der Waals surface area contributed by atoms with Gasteiger partial charge in [-0.2, -0.15) is 0 Å². The van der Waals surface area contributed by atoms with E-state index in [9.17, 15) is 9.59 Å². The number of piperidine rings is 2. The molecular weight excluding hydrogens is 360 g/mol. The van der Waals surface area contributed by atoms with Crippen molar-refractivity contribution >= 4 is 35.6 Å². The van der Waals surface area contributed by atoms with E-state index in [0.29, 0.717) is 24.8 Å². The van der Waals surface area contributed by atoms with E-state index in [0.717, 1.165) is 49.7 Å². The van der Waals surface area contributed by atoms with Gasteiger partial charge in [0.1, 0.15) is 0 Å². The molecule has 2 aliphatic rings. The summed E-state index contributed by atoms with van der Waals surface area (Å²) in [5, 5.41) is 6.10. The van der Waals surface area contributed by atoms with Gasteiger partial charge in [-0.25, -0.2) is 4.98 Å². The normalized spacial score (nSPS) is 23.2. The summed E-state index contributed by atoms with van der Waals surface area (Å²) < 4.78 is 0. The molecule has 0 unspecified atom stereocenters. The average molecular weight is 387 g/mol. The van der Waals surface area contributed by atoms with Gasteiger partial charge in [0.25, 0.3) is 0 Å². The lowest BCUT2D eigenvalue weighted by Gasteiger charge is -2.47. The van der Waals surface area contributed by atoms with Crippen LogP contribution < -0.4 is 5.32 Å². The van der Waals surface area contributed by atoms with Crippen molar-refractivity contribution in [3.8, 4) is 0 Å². The maximum Gasteiger partial charge on any atom is 0.228 e. The third-order valence-electron chi connectivity index (χ3n) is 5.10. The number of thiazole rings is 1. The van der Waals surface area contributed by atoms with Crippen molar-refractivity contribution in [2.75, 3.05) is 33.2 Å². The number of amides is 2. The maximum atomic E-state index is 12.6. The van der Waals surface area contributed by atoms with Crippen LogP contribution in [0.1, 0.15) is 30.0 Å². The molecule has 0 spiro atoms. The Kier molecular flexibility index (Phi) is 7.22. The molecule has 3 rings (SSSR count). The van der Waals surface area contributed by atoms with E-state index in [1.54, 1.807) is 11.3 Å². The molecule has 2 atom stereocenters. The molecule has 1 aromatic rings. The summed E-state index contributed by atoms with van der Waals surface area (Å²) in [6, 6.07) is 0.296. The van der Waals surface area contributed by atoms with Crippen molar-refractivity contribution in [2.24, 2.45) is 5.92 Å². The SMILES string of the molecule is CNCCN1C(=O)CC[C@H]2CN(C(=O)Cc3csc(C)n3)CC[C@H]21.Cl. The Morgan fingerprint density at radius 2 is 2.24 bits per heavy atom. The summed E-state index contributed by atoms with van der Waals surface area (Å²) in [6.07, 6.45) is 2.80. The number of nitrogens with one attached hydrogen (secondary N) is 1. The Bertz CT molecular complexity index is 609. The molecule has 25 heavy (non-hydrogen) atoms. The van der Waals surface area contributed by atoms with Gasteiger partial charge in [0.2, 0.25) is 11.8 Å². The first kappa shape index (κ1) is 20.1. The number of rotatable bonds is 5. The Hall–Kier alpha value is -1.18. The predicted octanol–water partition coefficient (Wildman–Crippen LogP) is 1.47. The van der Waals surface area contributed by atoms with Gasteiger partial charge in [-0.15, -0.1) is 23.7 Å². The van der Waals surface area contributed by atoms with E-state index < -0.39 is 0 Å². The van der Waals surface area contributed by atoms with Crippen molar-refractivity contribution in [3.05, 3.63) is 16.1 Å². The minimum atomic E-state index is 0. The molecule has 140 valence electrons. The molecule has 1 aromatic heterocycles. The van der Waals surface area contributed by atoms with Crippen LogP contribution in [0.5, 0.6) is 0 Å². The summed E-state index contributed by atoms with van der Waals surface area (Å²) in [5.74, 6) is 0.844. The molecule has 2 amide bonds. The summed E-state index contributed by atoms with van der Waals surface area (Å²) in [7, 11) is 1.91. The van der Waals surface area contributed by atoms with Crippen LogP contribution in [0.25, 0.3) is 0 Å². The second-order valence-corrected chi connectivity index (χ2v) is 7.78. The van der Waals surface area contributed by atoms with Gasteiger partial charge in [0.05, 0.1) is 17.1 Å². The number of carbonyl (C=O) groups is 2. The topological polar surface area (TPSA) is 65.5 Å². The van der Waals surface area contributed by atoms with Crippen LogP contribution in [0.2, 0.25) is 0 Å². The second-order valence-electron chi connectivity index (χ2n) is 6.72. The quantitative estimate of drug-likeness (QED) is 0.832. The first-order valence-corrected chi connectivity index (χ1v) is 9.59.